The summed E-state index contributed by atoms with van der Waals surface area (Å²) in [5.74, 6) is -1.85. The zero-order chi connectivity index (χ0) is 20.9. The summed E-state index contributed by atoms with van der Waals surface area (Å²) in [5.41, 5.74) is 3.51. The van der Waals surface area contributed by atoms with Gasteiger partial charge in [-0.2, -0.15) is 0 Å². The van der Waals surface area contributed by atoms with E-state index in [2.05, 4.69) is 10.7 Å². The van der Waals surface area contributed by atoms with E-state index in [1.807, 2.05) is 5.01 Å². The minimum absolute atomic E-state index is 0.0203. The van der Waals surface area contributed by atoms with E-state index < -0.39 is 17.9 Å². The van der Waals surface area contributed by atoms with Crippen LogP contribution in [0.2, 0.25) is 5.02 Å². The molecule has 0 aromatic heterocycles. The van der Waals surface area contributed by atoms with Crippen LogP contribution in [0, 0.1) is 5.41 Å². The molecular weight excluding hydrogens is 394 g/mol. The van der Waals surface area contributed by atoms with Crippen molar-refractivity contribution >= 4 is 29.4 Å². The summed E-state index contributed by atoms with van der Waals surface area (Å²) in [6.07, 6.45) is 6.99. The van der Waals surface area contributed by atoms with Crippen LogP contribution in [0.4, 0.5) is 0 Å². The van der Waals surface area contributed by atoms with Gasteiger partial charge in [0, 0.05) is 30.1 Å². The van der Waals surface area contributed by atoms with Crippen molar-refractivity contribution in [3.05, 3.63) is 34.9 Å². The second-order valence-corrected chi connectivity index (χ2v) is 8.61. The van der Waals surface area contributed by atoms with Crippen molar-refractivity contribution in [2.75, 3.05) is 13.1 Å². The van der Waals surface area contributed by atoms with Gasteiger partial charge >= 0.3 is 5.97 Å². The summed E-state index contributed by atoms with van der Waals surface area (Å²) >= 11 is 5.93. The fourth-order valence-corrected chi connectivity index (χ4v) is 4.57. The Morgan fingerprint density at radius 2 is 1.93 bits per heavy atom. The molecule has 1 aliphatic carbocycles. The highest BCUT2D eigenvalue weighted by molar-refractivity contribution is 6.31. The lowest BCUT2D eigenvalue weighted by Gasteiger charge is -2.33. The lowest BCUT2D eigenvalue weighted by Crippen LogP contribution is -2.52. The maximum atomic E-state index is 12.8. The quantitative estimate of drug-likeness (QED) is 0.628. The molecule has 1 aliphatic heterocycles. The van der Waals surface area contributed by atoms with Crippen LogP contribution in [0.3, 0.4) is 0 Å². The van der Waals surface area contributed by atoms with Gasteiger partial charge in [0.15, 0.2) is 0 Å². The number of hydrogen-bond acceptors (Lipinski definition) is 4. The summed E-state index contributed by atoms with van der Waals surface area (Å²) in [6.45, 7) is 1.59. The van der Waals surface area contributed by atoms with Crippen molar-refractivity contribution < 1.29 is 19.5 Å². The maximum Gasteiger partial charge on any atom is 0.303 e. The first-order valence-electron chi connectivity index (χ1n) is 10.2. The van der Waals surface area contributed by atoms with Crippen molar-refractivity contribution in [1.29, 1.82) is 0 Å². The third-order valence-electron chi connectivity index (χ3n) is 5.98. The molecule has 1 aromatic rings. The Labute approximate surface area is 175 Å². The van der Waals surface area contributed by atoms with Gasteiger partial charge in [-0.15, -0.1) is 0 Å². The number of hydrogen-bond donors (Lipinski definition) is 3. The zero-order valence-corrected chi connectivity index (χ0v) is 17.2. The minimum Gasteiger partial charge on any atom is -0.481 e. The second-order valence-electron chi connectivity index (χ2n) is 8.18. The van der Waals surface area contributed by atoms with Gasteiger partial charge < -0.3 is 10.4 Å². The number of carbonyl (C=O) groups is 3. The number of carboxylic acids is 1. The molecule has 1 spiro atoms. The lowest BCUT2D eigenvalue weighted by molar-refractivity contribution is -0.137. The molecule has 158 valence electrons. The summed E-state index contributed by atoms with van der Waals surface area (Å²) < 4.78 is 0. The predicted octanol–water partition coefficient (Wildman–Crippen LogP) is 2.99. The van der Waals surface area contributed by atoms with Crippen LogP contribution in [0.15, 0.2) is 24.3 Å². The van der Waals surface area contributed by atoms with Crippen molar-refractivity contribution in [2.45, 2.75) is 57.4 Å². The molecule has 29 heavy (non-hydrogen) atoms. The predicted molar refractivity (Wildman–Crippen MR) is 109 cm³/mol. The monoisotopic (exact) mass is 421 g/mol. The molecule has 1 aromatic carbocycles. The molecule has 2 fully saturated rings. The molecule has 1 unspecified atom stereocenters. The van der Waals surface area contributed by atoms with Gasteiger partial charge in [-0.05, 0) is 49.3 Å². The van der Waals surface area contributed by atoms with Crippen molar-refractivity contribution in [2.24, 2.45) is 5.41 Å². The Morgan fingerprint density at radius 3 is 2.62 bits per heavy atom. The molecule has 1 heterocycles. The Morgan fingerprint density at radius 1 is 1.17 bits per heavy atom. The number of carbonyl (C=O) groups excluding carboxylic acids is 2. The molecule has 2 amide bonds. The SMILES string of the molecule is O=C(O)CCC(NC(=O)c1cccc(Cl)c1)C(=O)NN1CCC2(CCCCC2)C1. The van der Waals surface area contributed by atoms with E-state index in [9.17, 15) is 14.4 Å². The first-order chi connectivity index (χ1) is 13.9. The van der Waals surface area contributed by atoms with Crippen LogP contribution in [0.25, 0.3) is 0 Å². The molecule has 3 N–H and O–H groups in total. The molecule has 3 rings (SSSR count). The fraction of sp³-hybridized carbons (Fsp3) is 0.571. The highest BCUT2D eigenvalue weighted by Crippen LogP contribution is 2.43. The van der Waals surface area contributed by atoms with Gasteiger partial charge in [-0.3, -0.25) is 19.8 Å². The van der Waals surface area contributed by atoms with E-state index in [4.69, 9.17) is 16.7 Å². The van der Waals surface area contributed by atoms with E-state index in [1.165, 1.54) is 38.2 Å². The number of carboxylic acid groups (broad SMARTS) is 1. The third kappa shape index (κ3) is 5.93. The molecule has 0 radical (unpaired) electrons. The van der Waals surface area contributed by atoms with E-state index in [1.54, 1.807) is 18.2 Å². The Balaban J connectivity index is 1.62. The van der Waals surface area contributed by atoms with E-state index in [0.717, 1.165) is 19.5 Å². The number of halogens is 1. The topological polar surface area (TPSA) is 98.7 Å². The largest absolute Gasteiger partial charge is 0.481 e. The van der Waals surface area contributed by atoms with Gasteiger partial charge in [0.25, 0.3) is 11.8 Å². The number of hydrazine groups is 1. The van der Waals surface area contributed by atoms with Crippen molar-refractivity contribution in [3.63, 3.8) is 0 Å². The molecule has 0 bridgehead atoms. The van der Waals surface area contributed by atoms with Crippen molar-refractivity contribution in [1.82, 2.24) is 15.8 Å². The average molecular weight is 422 g/mol. The summed E-state index contributed by atoms with van der Waals surface area (Å²) in [5, 5.41) is 14.0. The third-order valence-corrected chi connectivity index (χ3v) is 6.21. The summed E-state index contributed by atoms with van der Waals surface area (Å²) in [7, 11) is 0. The van der Waals surface area contributed by atoms with E-state index >= 15 is 0 Å². The highest BCUT2D eigenvalue weighted by atomic mass is 35.5. The van der Waals surface area contributed by atoms with E-state index in [-0.39, 0.29) is 24.2 Å². The normalized spacial score (nSPS) is 19.6. The molecule has 1 saturated carbocycles. The fourth-order valence-electron chi connectivity index (χ4n) is 4.38. The average Bonchev–Trinajstić information content (AvgIpc) is 3.06. The number of nitrogens with zero attached hydrogens (tertiary/aromatic N) is 1. The van der Waals surface area contributed by atoms with Crippen LogP contribution in [0.5, 0.6) is 0 Å². The van der Waals surface area contributed by atoms with Gasteiger partial charge in [-0.25, -0.2) is 5.01 Å². The van der Waals surface area contributed by atoms with Gasteiger partial charge in [0.05, 0.1) is 0 Å². The van der Waals surface area contributed by atoms with Gasteiger partial charge in [0.2, 0.25) is 0 Å². The summed E-state index contributed by atoms with van der Waals surface area (Å²) in [6, 6.07) is 5.48. The molecule has 1 atom stereocenters. The van der Waals surface area contributed by atoms with Crippen LogP contribution >= 0.6 is 11.6 Å². The zero-order valence-electron chi connectivity index (χ0n) is 16.5. The molecule has 2 aliphatic rings. The second kappa shape index (κ2) is 9.59. The smallest absolute Gasteiger partial charge is 0.303 e. The number of benzene rings is 1. The molecule has 8 heteroatoms. The van der Waals surface area contributed by atoms with Gasteiger partial charge in [0.1, 0.15) is 6.04 Å². The van der Waals surface area contributed by atoms with Crippen molar-refractivity contribution in [3.8, 4) is 0 Å². The molecular formula is C21H28ClN3O4. The van der Waals surface area contributed by atoms with Crippen LogP contribution in [0.1, 0.15) is 61.7 Å². The van der Waals surface area contributed by atoms with Crippen LogP contribution in [-0.2, 0) is 9.59 Å². The molecule has 7 nitrogen and oxygen atoms in total. The van der Waals surface area contributed by atoms with Crippen LogP contribution in [-0.4, -0.2) is 47.0 Å². The Bertz CT molecular complexity index is 764. The lowest BCUT2D eigenvalue weighted by atomic mass is 9.74. The Kier molecular flexibility index (Phi) is 7.14. The summed E-state index contributed by atoms with van der Waals surface area (Å²) in [4.78, 5) is 36.4. The number of rotatable bonds is 7. The number of nitrogens with one attached hydrogen (secondary N) is 2. The highest BCUT2D eigenvalue weighted by Gasteiger charge is 2.39. The van der Waals surface area contributed by atoms with Crippen LogP contribution < -0.4 is 10.7 Å². The minimum atomic E-state index is -1.01. The first kappa shape index (κ1) is 21.6. The Hall–Kier alpha value is -2.12. The van der Waals surface area contributed by atoms with Gasteiger partial charge in [-0.1, -0.05) is 36.9 Å². The first-order valence-corrected chi connectivity index (χ1v) is 10.6. The maximum absolute atomic E-state index is 12.8. The number of aliphatic carboxylic acids is 1. The standard InChI is InChI=1S/C21H28ClN3O4/c22-16-6-4-5-15(13-16)19(28)23-17(7-8-18(26)27)20(29)24-25-12-11-21(14-25)9-2-1-3-10-21/h4-6,13,17H,1-3,7-12,14H2,(H,23,28)(H,24,29)(H,26,27). The van der Waals surface area contributed by atoms with E-state index in [0.29, 0.717) is 10.6 Å². The molecule has 1 saturated heterocycles. The number of amides is 2.